The van der Waals surface area contributed by atoms with Gasteiger partial charge in [-0.25, -0.2) is 0 Å². The highest BCUT2D eigenvalue weighted by Crippen LogP contribution is 2.23. The number of nitrogens with zero attached hydrogens (tertiary/aromatic N) is 1. The molecule has 0 aliphatic carbocycles. The van der Waals surface area contributed by atoms with Crippen LogP contribution in [0.25, 0.3) is 0 Å². The first-order valence-corrected chi connectivity index (χ1v) is 9.56. The van der Waals surface area contributed by atoms with Crippen molar-refractivity contribution >= 4 is 41.7 Å². The molecule has 3 nitrogen and oxygen atoms in total. The van der Waals surface area contributed by atoms with Gasteiger partial charge in [-0.3, -0.25) is 4.99 Å². The van der Waals surface area contributed by atoms with Crippen LogP contribution in [0.15, 0.2) is 35.3 Å². The first-order valence-electron chi connectivity index (χ1n) is 8.17. The first-order chi connectivity index (χ1) is 10.7. The highest BCUT2D eigenvalue weighted by Gasteiger charge is 2.15. The maximum atomic E-state index is 4.32. The zero-order valence-corrected chi connectivity index (χ0v) is 18.0. The zero-order valence-electron chi connectivity index (χ0n) is 14.8. The van der Waals surface area contributed by atoms with Crippen LogP contribution in [0.3, 0.4) is 0 Å². The second-order valence-electron chi connectivity index (χ2n) is 5.84. The minimum atomic E-state index is 0. The van der Waals surface area contributed by atoms with E-state index in [2.05, 4.69) is 66.1 Å². The second kappa shape index (κ2) is 14.0. The monoisotopic (exact) mass is 449 g/mol. The Labute approximate surface area is 163 Å². The van der Waals surface area contributed by atoms with E-state index in [4.69, 9.17) is 0 Å². The number of guanidine groups is 1. The summed E-state index contributed by atoms with van der Waals surface area (Å²) in [6.07, 6.45) is 4.60. The summed E-state index contributed by atoms with van der Waals surface area (Å²) in [5, 5.41) is 6.88. The minimum absolute atomic E-state index is 0. The van der Waals surface area contributed by atoms with Gasteiger partial charge in [-0.1, -0.05) is 44.2 Å². The molecular formula is C18H32IN3S. The average molecular weight is 449 g/mol. The van der Waals surface area contributed by atoms with Gasteiger partial charge >= 0.3 is 0 Å². The maximum absolute atomic E-state index is 4.32. The zero-order chi connectivity index (χ0) is 16.2. The molecule has 0 saturated heterocycles. The molecule has 1 unspecified atom stereocenters. The van der Waals surface area contributed by atoms with E-state index in [1.165, 1.54) is 24.2 Å². The molecule has 1 aromatic rings. The van der Waals surface area contributed by atoms with Crippen molar-refractivity contribution in [1.82, 2.24) is 10.6 Å². The Morgan fingerprint density at radius 2 is 1.83 bits per heavy atom. The Balaban J connectivity index is 0.00000484. The summed E-state index contributed by atoms with van der Waals surface area (Å²) in [5.74, 6) is 3.23. The average Bonchev–Trinajstić information content (AvgIpc) is 2.53. The van der Waals surface area contributed by atoms with E-state index < -0.39 is 0 Å². The lowest BCUT2D eigenvalue weighted by atomic mass is 9.88. The number of aliphatic imine (C=N–C) groups is 1. The van der Waals surface area contributed by atoms with Gasteiger partial charge in [0.25, 0.3) is 0 Å². The minimum Gasteiger partial charge on any atom is -0.356 e. The molecule has 0 bridgehead atoms. The predicted octanol–water partition coefficient (Wildman–Crippen LogP) is 4.35. The van der Waals surface area contributed by atoms with Crippen molar-refractivity contribution in [3.63, 3.8) is 0 Å². The molecule has 0 aromatic heterocycles. The summed E-state index contributed by atoms with van der Waals surface area (Å²) >= 11 is 1.91. The Bertz CT molecular complexity index is 424. The van der Waals surface area contributed by atoms with Crippen LogP contribution in [-0.4, -0.2) is 38.1 Å². The van der Waals surface area contributed by atoms with Crippen molar-refractivity contribution in [2.45, 2.75) is 32.6 Å². The van der Waals surface area contributed by atoms with Crippen LogP contribution in [-0.2, 0) is 0 Å². The van der Waals surface area contributed by atoms with Crippen molar-refractivity contribution in [3.8, 4) is 0 Å². The van der Waals surface area contributed by atoms with E-state index in [-0.39, 0.29) is 24.0 Å². The molecule has 0 saturated carbocycles. The van der Waals surface area contributed by atoms with E-state index in [0.29, 0.717) is 11.8 Å². The van der Waals surface area contributed by atoms with Crippen LogP contribution < -0.4 is 10.6 Å². The molecule has 1 aromatic carbocycles. The van der Waals surface area contributed by atoms with Crippen molar-refractivity contribution in [1.29, 1.82) is 0 Å². The van der Waals surface area contributed by atoms with Crippen molar-refractivity contribution in [2.75, 3.05) is 32.1 Å². The molecule has 132 valence electrons. The molecule has 1 atom stereocenters. The van der Waals surface area contributed by atoms with Crippen LogP contribution >= 0.6 is 35.7 Å². The molecule has 0 heterocycles. The van der Waals surface area contributed by atoms with Gasteiger partial charge in [0.2, 0.25) is 0 Å². The molecule has 1 rings (SSSR count). The topological polar surface area (TPSA) is 36.4 Å². The fourth-order valence-corrected chi connectivity index (χ4v) is 2.94. The lowest BCUT2D eigenvalue weighted by molar-refractivity contribution is 0.488. The number of nitrogens with one attached hydrogen (secondary N) is 2. The number of hydrogen-bond donors (Lipinski definition) is 2. The van der Waals surface area contributed by atoms with Gasteiger partial charge in [-0.2, -0.15) is 11.8 Å². The Hall–Kier alpha value is -0.430. The van der Waals surface area contributed by atoms with Crippen molar-refractivity contribution in [2.24, 2.45) is 10.9 Å². The lowest BCUT2D eigenvalue weighted by Gasteiger charge is -2.23. The molecule has 0 amide bonds. The van der Waals surface area contributed by atoms with Gasteiger partial charge in [0, 0.05) is 26.1 Å². The normalized spacial score (nSPS) is 12.7. The van der Waals surface area contributed by atoms with Gasteiger partial charge in [-0.05, 0) is 36.3 Å². The maximum Gasteiger partial charge on any atom is 0.190 e. The molecule has 0 radical (unpaired) electrons. The van der Waals surface area contributed by atoms with Gasteiger partial charge in [0.1, 0.15) is 0 Å². The van der Waals surface area contributed by atoms with Crippen LogP contribution in [0, 0.1) is 5.92 Å². The molecule has 5 heteroatoms. The molecule has 0 aliphatic heterocycles. The third kappa shape index (κ3) is 9.45. The Kier molecular flexibility index (Phi) is 13.7. The van der Waals surface area contributed by atoms with E-state index in [1.54, 1.807) is 0 Å². The molecule has 2 N–H and O–H groups in total. The van der Waals surface area contributed by atoms with Crippen LogP contribution in [0.5, 0.6) is 0 Å². The third-order valence-electron chi connectivity index (χ3n) is 3.81. The third-order valence-corrected chi connectivity index (χ3v) is 4.51. The summed E-state index contributed by atoms with van der Waals surface area (Å²) in [7, 11) is 1.84. The molecule has 0 aliphatic rings. The van der Waals surface area contributed by atoms with Crippen molar-refractivity contribution < 1.29 is 0 Å². The van der Waals surface area contributed by atoms with Crippen LogP contribution in [0.2, 0.25) is 0 Å². The van der Waals surface area contributed by atoms with Crippen molar-refractivity contribution in [3.05, 3.63) is 35.9 Å². The fourth-order valence-electron chi connectivity index (χ4n) is 2.44. The number of unbranched alkanes of at least 4 members (excludes halogenated alkanes) is 1. The van der Waals surface area contributed by atoms with E-state index in [1.807, 2.05) is 18.8 Å². The molecule has 0 fully saturated rings. The Morgan fingerprint density at radius 3 is 2.39 bits per heavy atom. The molecular weight excluding hydrogens is 417 g/mol. The summed E-state index contributed by atoms with van der Waals surface area (Å²) in [6, 6.07) is 10.7. The summed E-state index contributed by atoms with van der Waals surface area (Å²) in [4.78, 5) is 4.32. The summed E-state index contributed by atoms with van der Waals surface area (Å²) in [6.45, 7) is 6.44. The van der Waals surface area contributed by atoms with Crippen LogP contribution in [0.1, 0.15) is 38.2 Å². The van der Waals surface area contributed by atoms with Gasteiger partial charge in [-0.15, -0.1) is 24.0 Å². The van der Waals surface area contributed by atoms with Gasteiger partial charge < -0.3 is 10.6 Å². The predicted molar refractivity (Wildman–Crippen MR) is 116 cm³/mol. The largest absolute Gasteiger partial charge is 0.356 e. The van der Waals surface area contributed by atoms with Gasteiger partial charge in [0.05, 0.1) is 0 Å². The number of thioether (sulfide) groups is 1. The highest BCUT2D eigenvalue weighted by molar-refractivity contribution is 14.0. The quantitative estimate of drug-likeness (QED) is 0.255. The molecule has 23 heavy (non-hydrogen) atoms. The molecule has 0 spiro atoms. The standard InChI is InChI=1S/C18H31N3S.HI/c1-15(2)17(16-10-6-5-7-11-16)14-21-18(19-3)20-12-8-9-13-22-4;/h5-7,10-11,15,17H,8-9,12-14H2,1-4H3,(H2,19,20,21);1H. The SMILES string of the molecule is CN=C(NCCCCSC)NCC(c1ccccc1)C(C)C.I. The summed E-state index contributed by atoms with van der Waals surface area (Å²) < 4.78 is 0. The van der Waals surface area contributed by atoms with E-state index in [9.17, 15) is 0 Å². The lowest BCUT2D eigenvalue weighted by Crippen LogP contribution is -2.40. The van der Waals surface area contributed by atoms with Crippen LogP contribution in [0.4, 0.5) is 0 Å². The summed E-state index contributed by atoms with van der Waals surface area (Å²) in [5.41, 5.74) is 1.39. The first kappa shape index (κ1) is 22.6. The fraction of sp³-hybridized carbons (Fsp3) is 0.611. The second-order valence-corrected chi connectivity index (χ2v) is 6.83. The number of halogens is 1. The number of rotatable bonds is 9. The smallest absolute Gasteiger partial charge is 0.190 e. The highest BCUT2D eigenvalue weighted by atomic mass is 127. The number of hydrogen-bond acceptors (Lipinski definition) is 2. The Morgan fingerprint density at radius 1 is 1.13 bits per heavy atom. The van der Waals surface area contributed by atoms with Gasteiger partial charge in [0.15, 0.2) is 5.96 Å². The number of benzene rings is 1. The van der Waals surface area contributed by atoms with E-state index in [0.717, 1.165) is 19.0 Å². The van der Waals surface area contributed by atoms with E-state index >= 15 is 0 Å².